The fourth-order valence-electron chi connectivity index (χ4n) is 0.891. The summed E-state index contributed by atoms with van der Waals surface area (Å²) in [5.74, 6) is 0.467. The predicted molar refractivity (Wildman–Crippen MR) is 41.7 cm³/mol. The average molecular weight is 182 g/mol. The molecule has 0 atom stereocenters. The molecule has 0 N–H and O–H groups in total. The Morgan fingerprint density at radius 2 is 2.20 bits per heavy atom. The van der Waals surface area contributed by atoms with Gasteiger partial charge in [0.1, 0.15) is 0 Å². The van der Waals surface area contributed by atoms with Crippen molar-refractivity contribution in [2.24, 2.45) is 0 Å². The lowest BCUT2D eigenvalue weighted by molar-refractivity contribution is 0.222. The molecule has 1 aliphatic carbocycles. The van der Waals surface area contributed by atoms with Gasteiger partial charge in [0, 0.05) is 18.5 Å². The van der Waals surface area contributed by atoms with Gasteiger partial charge in [-0.05, 0) is 24.4 Å². The second-order valence-corrected chi connectivity index (χ2v) is 3.07. The topological polar surface area (TPSA) is 20.3 Å². The minimum atomic E-state index is -0.372. The maximum Gasteiger partial charge on any atom is 0.316 e. The van der Waals surface area contributed by atoms with Crippen molar-refractivity contribution < 1.29 is 4.79 Å². The molecule has 0 heterocycles. The van der Waals surface area contributed by atoms with E-state index in [1.165, 1.54) is 0 Å². The number of halogens is 2. The maximum absolute atomic E-state index is 10.6. The Morgan fingerprint density at radius 3 is 2.50 bits per heavy atom. The predicted octanol–water partition coefficient (Wildman–Crippen LogP) is 2.05. The first-order chi connectivity index (χ1) is 4.75. The van der Waals surface area contributed by atoms with Crippen molar-refractivity contribution in [2.75, 3.05) is 12.4 Å². The van der Waals surface area contributed by atoms with Crippen LogP contribution in [0.5, 0.6) is 0 Å². The third kappa shape index (κ3) is 2.03. The first kappa shape index (κ1) is 8.15. The Hall–Kier alpha value is 0.0500. The number of hydrogen-bond donors (Lipinski definition) is 0. The summed E-state index contributed by atoms with van der Waals surface area (Å²) < 4.78 is 0. The molecule has 1 rings (SSSR count). The Kier molecular flexibility index (Phi) is 2.81. The van der Waals surface area contributed by atoms with Crippen LogP contribution in [0.4, 0.5) is 4.79 Å². The van der Waals surface area contributed by atoms with Gasteiger partial charge in [-0.3, -0.25) is 4.79 Å². The molecule has 0 aromatic carbocycles. The van der Waals surface area contributed by atoms with Gasteiger partial charge in [-0.25, -0.2) is 0 Å². The summed E-state index contributed by atoms with van der Waals surface area (Å²) >= 11 is 10.7. The second kappa shape index (κ2) is 3.44. The average Bonchev–Trinajstić information content (AvgIpc) is 2.63. The van der Waals surface area contributed by atoms with Crippen molar-refractivity contribution in [2.45, 2.75) is 18.9 Å². The molecule has 0 spiro atoms. The van der Waals surface area contributed by atoms with Crippen LogP contribution in [0.2, 0.25) is 0 Å². The highest BCUT2D eigenvalue weighted by Crippen LogP contribution is 2.27. The molecular weight excluding hydrogens is 173 g/mol. The summed E-state index contributed by atoms with van der Waals surface area (Å²) in [6.07, 6.45) is 2.16. The zero-order chi connectivity index (χ0) is 7.56. The van der Waals surface area contributed by atoms with E-state index in [9.17, 15) is 4.79 Å². The lowest BCUT2D eigenvalue weighted by Gasteiger charge is -2.16. The fourth-order valence-corrected chi connectivity index (χ4v) is 1.30. The second-order valence-electron chi connectivity index (χ2n) is 2.37. The molecular formula is C6H9Cl2NO. The molecule has 0 bridgehead atoms. The summed E-state index contributed by atoms with van der Waals surface area (Å²) in [6, 6.07) is 0.378. The molecule has 0 aromatic rings. The van der Waals surface area contributed by atoms with E-state index >= 15 is 0 Å². The standard InChI is InChI=1S/C6H9Cl2NO/c7-3-4-9(6(8)10)5-1-2-5/h5H,1-4H2. The van der Waals surface area contributed by atoms with Gasteiger partial charge in [0.2, 0.25) is 0 Å². The zero-order valence-corrected chi connectivity index (χ0v) is 7.03. The van der Waals surface area contributed by atoms with Crippen molar-refractivity contribution >= 4 is 28.6 Å². The van der Waals surface area contributed by atoms with E-state index in [0.29, 0.717) is 18.5 Å². The summed E-state index contributed by atoms with van der Waals surface area (Å²) in [7, 11) is 0. The molecule has 1 aliphatic rings. The summed E-state index contributed by atoms with van der Waals surface area (Å²) in [5, 5.41) is -0.372. The van der Waals surface area contributed by atoms with Gasteiger partial charge < -0.3 is 4.90 Å². The molecule has 0 unspecified atom stereocenters. The Balaban J connectivity index is 2.34. The third-order valence-electron chi connectivity index (χ3n) is 1.54. The number of carbonyl (C=O) groups excluding carboxylic acids is 1. The Bertz CT molecular complexity index is 136. The maximum atomic E-state index is 10.6. The molecule has 10 heavy (non-hydrogen) atoms. The number of alkyl halides is 1. The number of hydrogen-bond acceptors (Lipinski definition) is 1. The fraction of sp³-hybridized carbons (Fsp3) is 0.833. The van der Waals surface area contributed by atoms with Gasteiger partial charge in [-0.1, -0.05) is 0 Å². The highest BCUT2D eigenvalue weighted by molar-refractivity contribution is 6.62. The number of rotatable bonds is 3. The first-order valence-electron chi connectivity index (χ1n) is 3.27. The quantitative estimate of drug-likeness (QED) is 0.371. The van der Waals surface area contributed by atoms with Gasteiger partial charge in [0.05, 0.1) is 0 Å². The van der Waals surface area contributed by atoms with Crippen LogP contribution in [0.15, 0.2) is 0 Å². The van der Waals surface area contributed by atoms with E-state index in [1.54, 1.807) is 4.90 Å². The SMILES string of the molecule is O=C(Cl)N(CCCl)C1CC1. The molecule has 0 aromatic heterocycles. The van der Waals surface area contributed by atoms with Crippen LogP contribution in [-0.2, 0) is 0 Å². The van der Waals surface area contributed by atoms with Crippen LogP contribution in [0.25, 0.3) is 0 Å². The van der Waals surface area contributed by atoms with E-state index in [0.717, 1.165) is 12.8 Å². The van der Waals surface area contributed by atoms with E-state index in [1.807, 2.05) is 0 Å². The highest BCUT2D eigenvalue weighted by atomic mass is 35.5. The van der Waals surface area contributed by atoms with Gasteiger partial charge in [0.25, 0.3) is 0 Å². The third-order valence-corrected chi connectivity index (χ3v) is 1.93. The van der Waals surface area contributed by atoms with Crippen molar-refractivity contribution in [3.05, 3.63) is 0 Å². The highest BCUT2D eigenvalue weighted by Gasteiger charge is 2.30. The van der Waals surface area contributed by atoms with E-state index < -0.39 is 0 Å². The summed E-state index contributed by atoms with van der Waals surface area (Å²) in [6.45, 7) is 0.578. The first-order valence-corrected chi connectivity index (χ1v) is 4.19. The van der Waals surface area contributed by atoms with Crippen LogP contribution in [0, 0.1) is 0 Å². The van der Waals surface area contributed by atoms with Gasteiger partial charge in [0.15, 0.2) is 0 Å². The molecule has 1 amide bonds. The van der Waals surface area contributed by atoms with Crippen LogP contribution in [0.1, 0.15) is 12.8 Å². The van der Waals surface area contributed by atoms with E-state index in [2.05, 4.69) is 0 Å². The normalized spacial score (nSPS) is 17.0. The summed E-state index contributed by atoms with van der Waals surface area (Å²) in [5.41, 5.74) is 0. The molecule has 0 aliphatic heterocycles. The number of amides is 1. The number of nitrogens with zero attached hydrogens (tertiary/aromatic N) is 1. The Morgan fingerprint density at radius 1 is 1.60 bits per heavy atom. The van der Waals surface area contributed by atoms with Crippen molar-refractivity contribution in [1.29, 1.82) is 0 Å². The zero-order valence-electron chi connectivity index (χ0n) is 5.52. The van der Waals surface area contributed by atoms with Crippen molar-refractivity contribution in [3.8, 4) is 0 Å². The molecule has 1 fully saturated rings. The largest absolute Gasteiger partial charge is 0.325 e. The minimum Gasteiger partial charge on any atom is -0.325 e. The molecule has 0 radical (unpaired) electrons. The lowest BCUT2D eigenvalue weighted by atomic mass is 10.5. The Labute approximate surface area is 70.1 Å². The van der Waals surface area contributed by atoms with Crippen molar-refractivity contribution in [3.63, 3.8) is 0 Å². The lowest BCUT2D eigenvalue weighted by Crippen LogP contribution is -2.30. The van der Waals surface area contributed by atoms with E-state index in [-0.39, 0.29) is 5.37 Å². The minimum absolute atomic E-state index is 0.372. The van der Waals surface area contributed by atoms with Crippen LogP contribution in [-0.4, -0.2) is 28.7 Å². The smallest absolute Gasteiger partial charge is 0.316 e. The van der Waals surface area contributed by atoms with Crippen LogP contribution < -0.4 is 0 Å². The van der Waals surface area contributed by atoms with Crippen LogP contribution in [0.3, 0.4) is 0 Å². The molecule has 4 heteroatoms. The van der Waals surface area contributed by atoms with Gasteiger partial charge in [-0.2, -0.15) is 0 Å². The summed E-state index contributed by atoms with van der Waals surface area (Å²) in [4.78, 5) is 12.3. The molecule has 58 valence electrons. The van der Waals surface area contributed by atoms with Gasteiger partial charge >= 0.3 is 5.37 Å². The van der Waals surface area contributed by atoms with Gasteiger partial charge in [-0.15, -0.1) is 11.6 Å². The number of carbonyl (C=O) groups is 1. The van der Waals surface area contributed by atoms with Crippen molar-refractivity contribution in [1.82, 2.24) is 4.90 Å². The van der Waals surface area contributed by atoms with E-state index in [4.69, 9.17) is 23.2 Å². The van der Waals surface area contributed by atoms with Crippen LogP contribution >= 0.6 is 23.2 Å². The monoisotopic (exact) mass is 181 g/mol. The molecule has 0 saturated heterocycles. The molecule has 1 saturated carbocycles. The molecule has 2 nitrogen and oxygen atoms in total.